The van der Waals surface area contributed by atoms with Crippen LogP contribution in [0, 0.1) is 0 Å². The minimum Gasteiger partial charge on any atom is -0.478 e. The maximum atomic E-state index is 11.8. The molecule has 7 nitrogen and oxygen atoms in total. The molecule has 2 atom stereocenters. The zero-order chi connectivity index (χ0) is 18.0. The molecule has 0 saturated carbocycles. The molecule has 2 aromatic rings. The second-order valence-corrected chi connectivity index (χ2v) is 6.55. The molecular weight excluding hydrogens is 320 g/mol. The lowest BCUT2D eigenvalue weighted by molar-refractivity contribution is -0.123. The van der Waals surface area contributed by atoms with Gasteiger partial charge in [-0.15, -0.1) is 10.2 Å². The summed E-state index contributed by atoms with van der Waals surface area (Å²) in [5.74, 6) is 2.05. The molecule has 3 rings (SSSR count). The van der Waals surface area contributed by atoms with E-state index in [-0.39, 0.29) is 17.9 Å². The molecule has 0 saturated heterocycles. The van der Waals surface area contributed by atoms with E-state index in [4.69, 9.17) is 9.15 Å². The molecule has 1 aromatic heterocycles. The quantitative estimate of drug-likeness (QED) is 0.837. The number of rotatable bonds is 6. The highest BCUT2D eigenvalue weighted by molar-refractivity contribution is 5.97. The van der Waals surface area contributed by atoms with Gasteiger partial charge in [0.15, 0.2) is 6.10 Å². The first-order valence-corrected chi connectivity index (χ1v) is 8.65. The third-order valence-electron chi connectivity index (χ3n) is 4.23. The second-order valence-electron chi connectivity index (χ2n) is 6.55. The Labute approximate surface area is 147 Å². The highest BCUT2D eigenvalue weighted by atomic mass is 16.5. The summed E-state index contributed by atoms with van der Waals surface area (Å²) in [5.41, 5.74) is 1.78. The Morgan fingerprint density at radius 3 is 2.76 bits per heavy atom. The van der Waals surface area contributed by atoms with Gasteiger partial charge in [-0.2, -0.15) is 0 Å². The molecule has 0 fully saturated rings. The Morgan fingerprint density at radius 1 is 1.28 bits per heavy atom. The number of carbonyl (C=O) groups excluding carboxylic acids is 1. The van der Waals surface area contributed by atoms with Crippen molar-refractivity contribution in [1.82, 2.24) is 15.5 Å². The molecule has 134 valence electrons. The lowest BCUT2D eigenvalue weighted by Crippen LogP contribution is -2.36. The molecule has 25 heavy (non-hydrogen) atoms. The van der Waals surface area contributed by atoms with Crippen LogP contribution in [0.15, 0.2) is 22.6 Å². The standard InChI is InChI=1S/C18H24N4O3/c1-5-14-17(23)20-13-7-6-12(8-15(13)24-14)11(4)19-9-16-21-22-18(25-16)10(2)3/h6-8,10-11,14,19H,5,9H2,1-4H3,(H,20,23)/t11-,14+/m0/s1. The minimum absolute atomic E-state index is 0.0704. The van der Waals surface area contributed by atoms with Crippen molar-refractivity contribution in [1.29, 1.82) is 0 Å². The first-order chi connectivity index (χ1) is 12.0. The lowest BCUT2D eigenvalue weighted by atomic mass is 10.1. The smallest absolute Gasteiger partial charge is 0.265 e. The fourth-order valence-corrected chi connectivity index (χ4v) is 2.63. The molecular formula is C18H24N4O3. The topological polar surface area (TPSA) is 89.3 Å². The average Bonchev–Trinajstić information content (AvgIpc) is 3.08. The molecule has 1 aliphatic rings. The number of hydrogen-bond donors (Lipinski definition) is 2. The van der Waals surface area contributed by atoms with E-state index < -0.39 is 6.10 Å². The normalized spacial score (nSPS) is 17.8. The predicted molar refractivity (Wildman–Crippen MR) is 93.4 cm³/mol. The van der Waals surface area contributed by atoms with Crippen LogP contribution in [-0.4, -0.2) is 22.2 Å². The van der Waals surface area contributed by atoms with Crippen LogP contribution in [0.5, 0.6) is 5.75 Å². The van der Waals surface area contributed by atoms with Crippen LogP contribution in [0.25, 0.3) is 0 Å². The van der Waals surface area contributed by atoms with E-state index in [0.717, 1.165) is 5.56 Å². The van der Waals surface area contributed by atoms with Crippen LogP contribution in [0.4, 0.5) is 5.69 Å². The SMILES string of the molecule is CC[C@H]1Oc2cc([C@H](C)NCc3nnc(C(C)C)o3)ccc2NC1=O. The van der Waals surface area contributed by atoms with E-state index in [2.05, 4.69) is 27.8 Å². The fourth-order valence-electron chi connectivity index (χ4n) is 2.63. The van der Waals surface area contributed by atoms with Gasteiger partial charge >= 0.3 is 0 Å². The van der Waals surface area contributed by atoms with Crippen LogP contribution < -0.4 is 15.4 Å². The Morgan fingerprint density at radius 2 is 2.08 bits per heavy atom. The molecule has 7 heteroatoms. The third kappa shape index (κ3) is 3.82. The van der Waals surface area contributed by atoms with Crippen molar-refractivity contribution in [2.45, 2.75) is 58.7 Å². The van der Waals surface area contributed by atoms with Crippen LogP contribution in [0.2, 0.25) is 0 Å². The second kappa shape index (κ2) is 7.23. The highest BCUT2D eigenvalue weighted by Gasteiger charge is 2.26. The van der Waals surface area contributed by atoms with Gasteiger partial charge in [0.05, 0.1) is 12.2 Å². The summed E-state index contributed by atoms with van der Waals surface area (Å²) in [5, 5.41) is 14.3. The van der Waals surface area contributed by atoms with Gasteiger partial charge in [-0.3, -0.25) is 4.79 Å². The first-order valence-electron chi connectivity index (χ1n) is 8.65. The van der Waals surface area contributed by atoms with Crippen LogP contribution >= 0.6 is 0 Å². The molecule has 1 amide bonds. The van der Waals surface area contributed by atoms with Gasteiger partial charge in [0.1, 0.15) is 5.75 Å². The van der Waals surface area contributed by atoms with E-state index in [1.165, 1.54) is 0 Å². The first kappa shape index (κ1) is 17.4. The van der Waals surface area contributed by atoms with Gasteiger partial charge in [-0.1, -0.05) is 26.8 Å². The van der Waals surface area contributed by atoms with Crippen molar-refractivity contribution >= 4 is 11.6 Å². The van der Waals surface area contributed by atoms with Gasteiger partial charge in [-0.05, 0) is 31.0 Å². The Kier molecular flexibility index (Phi) is 5.03. The van der Waals surface area contributed by atoms with Crippen molar-refractivity contribution < 1.29 is 13.9 Å². The van der Waals surface area contributed by atoms with Crippen molar-refractivity contribution in [2.75, 3.05) is 5.32 Å². The van der Waals surface area contributed by atoms with E-state index in [1.807, 2.05) is 39.0 Å². The summed E-state index contributed by atoms with van der Waals surface area (Å²) in [6, 6.07) is 5.87. The summed E-state index contributed by atoms with van der Waals surface area (Å²) in [6.45, 7) is 8.51. The van der Waals surface area contributed by atoms with Crippen LogP contribution in [0.3, 0.4) is 0 Å². The summed E-state index contributed by atoms with van der Waals surface area (Å²) >= 11 is 0. The molecule has 1 aliphatic heterocycles. The monoisotopic (exact) mass is 344 g/mol. The maximum Gasteiger partial charge on any atom is 0.265 e. The number of benzene rings is 1. The number of aromatic nitrogens is 2. The van der Waals surface area contributed by atoms with Crippen LogP contribution in [0.1, 0.15) is 63.4 Å². The number of nitrogens with one attached hydrogen (secondary N) is 2. The van der Waals surface area contributed by atoms with Crippen LogP contribution in [-0.2, 0) is 11.3 Å². The van der Waals surface area contributed by atoms with Gasteiger partial charge in [-0.25, -0.2) is 0 Å². The number of carbonyl (C=O) groups is 1. The van der Waals surface area contributed by atoms with Gasteiger partial charge in [0.25, 0.3) is 5.91 Å². The number of ether oxygens (including phenoxy) is 1. The summed E-state index contributed by atoms with van der Waals surface area (Å²) < 4.78 is 11.4. The maximum absolute atomic E-state index is 11.8. The van der Waals surface area contributed by atoms with Gasteiger partial charge in [0.2, 0.25) is 11.8 Å². The van der Waals surface area contributed by atoms with E-state index in [0.29, 0.717) is 36.2 Å². The molecule has 0 spiro atoms. The molecule has 1 aromatic carbocycles. The minimum atomic E-state index is -0.432. The number of amides is 1. The lowest BCUT2D eigenvalue weighted by Gasteiger charge is -2.26. The summed E-state index contributed by atoms with van der Waals surface area (Å²) in [7, 11) is 0. The zero-order valence-electron chi connectivity index (χ0n) is 15.0. The number of nitrogens with zero attached hydrogens (tertiary/aromatic N) is 2. The third-order valence-corrected chi connectivity index (χ3v) is 4.23. The molecule has 0 radical (unpaired) electrons. The van der Waals surface area contributed by atoms with Crippen molar-refractivity contribution in [3.05, 3.63) is 35.5 Å². The fraction of sp³-hybridized carbons (Fsp3) is 0.500. The summed E-state index contributed by atoms with van der Waals surface area (Å²) in [6.07, 6.45) is 0.206. The Hall–Kier alpha value is -2.41. The highest BCUT2D eigenvalue weighted by Crippen LogP contribution is 2.33. The number of fused-ring (bicyclic) bond motifs is 1. The molecule has 2 N–H and O–H groups in total. The predicted octanol–water partition coefficient (Wildman–Crippen LogP) is 3.15. The van der Waals surface area contributed by atoms with E-state index in [1.54, 1.807) is 0 Å². The average molecular weight is 344 g/mol. The van der Waals surface area contributed by atoms with E-state index >= 15 is 0 Å². The van der Waals surface area contributed by atoms with E-state index in [9.17, 15) is 4.79 Å². The molecule has 0 bridgehead atoms. The summed E-state index contributed by atoms with van der Waals surface area (Å²) in [4.78, 5) is 11.8. The van der Waals surface area contributed by atoms with Crippen molar-refractivity contribution in [3.8, 4) is 5.75 Å². The van der Waals surface area contributed by atoms with Gasteiger partial charge in [0, 0.05) is 12.0 Å². The molecule has 2 heterocycles. The Balaban J connectivity index is 1.66. The van der Waals surface area contributed by atoms with Gasteiger partial charge < -0.3 is 19.8 Å². The molecule has 0 unspecified atom stereocenters. The largest absolute Gasteiger partial charge is 0.478 e. The number of anilines is 1. The Bertz CT molecular complexity index is 757. The zero-order valence-corrected chi connectivity index (χ0v) is 15.0. The molecule has 0 aliphatic carbocycles. The van der Waals surface area contributed by atoms with Crippen molar-refractivity contribution in [2.24, 2.45) is 0 Å². The number of hydrogen-bond acceptors (Lipinski definition) is 6. The van der Waals surface area contributed by atoms with Crippen molar-refractivity contribution in [3.63, 3.8) is 0 Å².